The number of nitrogens with one attached hydrogen (secondary N) is 1. The summed E-state index contributed by atoms with van der Waals surface area (Å²) in [7, 11) is 0. The smallest absolute Gasteiger partial charge is 0.331 e. The molecule has 2 aromatic carbocycles. The molecule has 1 heterocycles. The number of carbonyl (C=O) groups excluding carboxylic acids is 2. The molecule has 29 heavy (non-hydrogen) atoms. The van der Waals surface area contributed by atoms with Crippen molar-refractivity contribution < 1.29 is 23.1 Å². The molecule has 1 amide bonds. The van der Waals surface area contributed by atoms with Gasteiger partial charge in [0.05, 0.1) is 28.6 Å². The number of aromatic nitrogens is 2. The van der Waals surface area contributed by atoms with Crippen LogP contribution in [-0.2, 0) is 14.3 Å². The summed E-state index contributed by atoms with van der Waals surface area (Å²) in [4.78, 5) is 32.5. The van der Waals surface area contributed by atoms with Crippen molar-refractivity contribution in [1.29, 1.82) is 0 Å². The van der Waals surface area contributed by atoms with Gasteiger partial charge in [0.2, 0.25) is 0 Å². The largest absolute Gasteiger partial charge is 0.452 e. The molecular formula is C20H15F2N3O3S. The minimum Gasteiger partial charge on any atom is -0.452 e. The molecule has 0 aliphatic carbocycles. The van der Waals surface area contributed by atoms with Crippen LogP contribution >= 0.6 is 11.8 Å². The Morgan fingerprint density at radius 1 is 1.10 bits per heavy atom. The van der Waals surface area contributed by atoms with Crippen LogP contribution in [0.4, 0.5) is 14.5 Å². The molecule has 9 heteroatoms. The first-order valence-electron chi connectivity index (χ1n) is 8.41. The second-order valence-electron chi connectivity index (χ2n) is 5.65. The minimum absolute atomic E-state index is 0.219. The van der Waals surface area contributed by atoms with Gasteiger partial charge in [-0.15, -0.1) is 0 Å². The van der Waals surface area contributed by atoms with Crippen LogP contribution < -0.4 is 5.32 Å². The zero-order valence-corrected chi connectivity index (χ0v) is 15.7. The van der Waals surface area contributed by atoms with Gasteiger partial charge in [-0.25, -0.2) is 9.78 Å². The average molecular weight is 415 g/mol. The highest BCUT2D eigenvalue weighted by molar-refractivity contribution is 7.99. The highest BCUT2D eigenvalue weighted by Gasteiger charge is 2.12. The van der Waals surface area contributed by atoms with Gasteiger partial charge in [-0.05, 0) is 30.3 Å². The maximum Gasteiger partial charge on any atom is 0.331 e. The Bertz CT molecular complexity index is 1060. The van der Waals surface area contributed by atoms with Gasteiger partial charge in [0.15, 0.2) is 6.61 Å². The molecule has 6 nitrogen and oxygen atoms in total. The van der Waals surface area contributed by atoms with Crippen molar-refractivity contribution in [2.75, 3.05) is 11.9 Å². The molecule has 0 aliphatic rings. The summed E-state index contributed by atoms with van der Waals surface area (Å²) < 4.78 is 30.0. The van der Waals surface area contributed by atoms with E-state index >= 15 is 0 Å². The monoisotopic (exact) mass is 415 g/mol. The van der Waals surface area contributed by atoms with E-state index in [1.54, 1.807) is 18.2 Å². The van der Waals surface area contributed by atoms with Crippen LogP contribution in [0.1, 0.15) is 5.69 Å². The number of rotatable bonds is 7. The van der Waals surface area contributed by atoms with Gasteiger partial charge in [0, 0.05) is 11.0 Å². The van der Waals surface area contributed by atoms with E-state index in [2.05, 4.69) is 15.3 Å². The molecule has 0 aliphatic heterocycles. The highest BCUT2D eigenvalue weighted by Crippen LogP contribution is 2.31. The molecule has 1 N–H and O–H groups in total. The number of alkyl halides is 2. The summed E-state index contributed by atoms with van der Waals surface area (Å²) in [5.41, 5.74) is 2.10. The van der Waals surface area contributed by atoms with Crippen molar-refractivity contribution in [2.45, 2.75) is 10.7 Å². The number of nitrogens with zero attached hydrogens (tertiary/aromatic N) is 2. The second kappa shape index (κ2) is 9.74. The third-order valence-electron chi connectivity index (χ3n) is 3.58. The topological polar surface area (TPSA) is 81.2 Å². The average Bonchev–Trinajstić information content (AvgIpc) is 2.71. The first-order valence-corrected chi connectivity index (χ1v) is 9.29. The van der Waals surface area contributed by atoms with Gasteiger partial charge in [0.1, 0.15) is 0 Å². The molecule has 0 fully saturated rings. The van der Waals surface area contributed by atoms with Crippen LogP contribution in [0, 0.1) is 0 Å². The van der Waals surface area contributed by atoms with E-state index in [4.69, 9.17) is 4.74 Å². The van der Waals surface area contributed by atoms with Crippen molar-refractivity contribution in [2.24, 2.45) is 0 Å². The minimum atomic E-state index is -2.62. The van der Waals surface area contributed by atoms with E-state index in [1.165, 1.54) is 24.4 Å². The molecule has 3 rings (SSSR count). The summed E-state index contributed by atoms with van der Waals surface area (Å²) in [6, 6.07) is 13.4. The fourth-order valence-corrected chi connectivity index (χ4v) is 2.94. The fraction of sp³-hybridized carbons (Fsp3) is 0.100. The highest BCUT2D eigenvalue weighted by atomic mass is 32.2. The lowest BCUT2D eigenvalue weighted by Crippen LogP contribution is -2.20. The number of hydrogen-bond acceptors (Lipinski definition) is 6. The third kappa shape index (κ3) is 6.08. The summed E-state index contributed by atoms with van der Waals surface area (Å²) in [6.07, 6.45) is 4.07. The number of para-hydroxylation sites is 3. The second-order valence-corrected chi connectivity index (χ2v) is 6.68. The Balaban J connectivity index is 1.53. The predicted molar refractivity (Wildman–Crippen MR) is 106 cm³/mol. The van der Waals surface area contributed by atoms with Gasteiger partial charge in [0.25, 0.3) is 11.7 Å². The number of hydrogen-bond donors (Lipinski definition) is 1. The Morgan fingerprint density at radius 2 is 1.83 bits per heavy atom. The number of esters is 1. The molecule has 3 aromatic rings. The van der Waals surface area contributed by atoms with Crippen molar-refractivity contribution in [3.05, 3.63) is 66.5 Å². The van der Waals surface area contributed by atoms with E-state index in [1.807, 2.05) is 18.2 Å². The number of halogens is 2. The third-order valence-corrected chi connectivity index (χ3v) is 4.37. The van der Waals surface area contributed by atoms with Crippen molar-refractivity contribution >= 4 is 46.4 Å². The molecule has 0 radical (unpaired) electrons. The summed E-state index contributed by atoms with van der Waals surface area (Å²) in [5.74, 6) is -4.00. The Kier molecular flexibility index (Phi) is 6.85. The standard InChI is InChI=1S/C20H15F2N3O3S/c21-20(22)29-17-8-4-3-7-16(17)25-18(26)12-28-19(27)10-9-13-11-23-14-5-1-2-6-15(14)24-13/h1-11,20H,12H2,(H,25,26)/b10-9+. The summed E-state index contributed by atoms with van der Waals surface area (Å²) >= 11 is 0.318. The van der Waals surface area contributed by atoms with Crippen molar-refractivity contribution in [1.82, 2.24) is 9.97 Å². The quantitative estimate of drug-likeness (QED) is 0.355. The number of ether oxygens (including phenoxy) is 1. The molecule has 1 aromatic heterocycles. The van der Waals surface area contributed by atoms with E-state index in [9.17, 15) is 18.4 Å². The molecule has 0 bridgehead atoms. The zero-order valence-electron chi connectivity index (χ0n) is 14.9. The van der Waals surface area contributed by atoms with E-state index in [0.717, 1.165) is 11.6 Å². The van der Waals surface area contributed by atoms with Gasteiger partial charge in [-0.1, -0.05) is 36.0 Å². The lowest BCUT2D eigenvalue weighted by Gasteiger charge is -2.10. The van der Waals surface area contributed by atoms with Crippen LogP contribution in [-0.4, -0.2) is 34.2 Å². The number of amides is 1. The first kappa shape index (κ1) is 20.4. The zero-order chi connectivity index (χ0) is 20.6. The van der Waals surface area contributed by atoms with Gasteiger partial charge < -0.3 is 10.1 Å². The van der Waals surface area contributed by atoms with Crippen molar-refractivity contribution in [3.63, 3.8) is 0 Å². The van der Waals surface area contributed by atoms with Crippen molar-refractivity contribution in [3.8, 4) is 0 Å². The SMILES string of the molecule is O=C(COC(=O)/C=C/c1cnc2ccccc2n1)Nc1ccccc1SC(F)F. The number of fused-ring (bicyclic) bond motifs is 1. The molecular weight excluding hydrogens is 400 g/mol. The number of thioether (sulfide) groups is 1. The summed E-state index contributed by atoms with van der Waals surface area (Å²) in [5, 5.41) is 2.45. The van der Waals surface area contributed by atoms with Crippen LogP contribution in [0.15, 0.2) is 65.7 Å². The predicted octanol–water partition coefficient (Wildman–Crippen LogP) is 4.14. The molecule has 148 valence electrons. The Labute approximate surface area is 169 Å². The maximum absolute atomic E-state index is 12.6. The summed E-state index contributed by atoms with van der Waals surface area (Å²) in [6.45, 7) is -0.555. The molecule has 0 spiro atoms. The van der Waals surface area contributed by atoms with E-state index in [-0.39, 0.29) is 10.6 Å². The lowest BCUT2D eigenvalue weighted by atomic mass is 10.3. The van der Waals surface area contributed by atoms with Gasteiger partial charge >= 0.3 is 5.97 Å². The normalized spacial score (nSPS) is 11.1. The molecule has 0 unspecified atom stereocenters. The van der Waals surface area contributed by atoms with Gasteiger partial charge in [-0.3, -0.25) is 9.78 Å². The van der Waals surface area contributed by atoms with E-state index < -0.39 is 24.2 Å². The Hall–Kier alpha value is -3.33. The van der Waals surface area contributed by atoms with Crippen LogP contribution in [0.3, 0.4) is 0 Å². The van der Waals surface area contributed by atoms with Crippen LogP contribution in [0.5, 0.6) is 0 Å². The Morgan fingerprint density at radius 3 is 2.62 bits per heavy atom. The van der Waals surface area contributed by atoms with Gasteiger partial charge in [-0.2, -0.15) is 8.78 Å². The lowest BCUT2D eigenvalue weighted by molar-refractivity contribution is -0.142. The number of anilines is 1. The molecule has 0 atom stereocenters. The number of carbonyl (C=O) groups is 2. The number of benzene rings is 2. The van der Waals surface area contributed by atoms with E-state index in [0.29, 0.717) is 23.0 Å². The molecule has 0 saturated carbocycles. The molecule has 0 saturated heterocycles. The van der Waals surface area contributed by atoms with Crippen LogP contribution in [0.25, 0.3) is 17.1 Å². The maximum atomic E-state index is 12.6. The fourth-order valence-electron chi connectivity index (χ4n) is 2.34. The first-order chi connectivity index (χ1) is 14.0. The van der Waals surface area contributed by atoms with Crippen LogP contribution in [0.2, 0.25) is 0 Å².